The lowest BCUT2D eigenvalue weighted by Crippen LogP contribution is -2.39. The molecule has 0 fully saturated rings. The molecule has 21 heavy (non-hydrogen) atoms. The molecule has 1 aromatic carbocycles. The SMILES string of the molecule is CN=C(NCCC(=O)OC)NCCc1cc(C)cc(C)c1. The van der Waals surface area contributed by atoms with Gasteiger partial charge in [0.1, 0.15) is 0 Å². The summed E-state index contributed by atoms with van der Waals surface area (Å²) in [7, 11) is 3.10. The van der Waals surface area contributed by atoms with Gasteiger partial charge in [-0.3, -0.25) is 9.79 Å². The van der Waals surface area contributed by atoms with Crippen molar-refractivity contribution in [3.63, 3.8) is 0 Å². The fourth-order valence-electron chi connectivity index (χ4n) is 2.14. The van der Waals surface area contributed by atoms with Crippen molar-refractivity contribution in [3.05, 3.63) is 34.9 Å². The molecule has 0 amide bonds. The molecule has 0 unspecified atom stereocenters. The minimum Gasteiger partial charge on any atom is -0.469 e. The summed E-state index contributed by atoms with van der Waals surface area (Å²) in [6.07, 6.45) is 1.26. The summed E-state index contributed by atoms with van der Waals surface area (Å²) in [5.74, 6) is 0.469. The first kappa shape index (κ1) is 17.0. The molecule has 1 aromatic rings. The van der Waals surface area contributed by atoms with Crippen LogP contribution in [-0.2, 0) is 16.0 Å². The molecule has 1 rings (SSSR count). The Balaban J connectivity index is 2.33. The average Bonchev–Trinajstić information content (AvgIpc) is 2.44. The van der Waals surface area contributed by atoms with Crippen LogP contribution in [0.1, 0.15) is 23.1 Å². The number of nitrogens with one attached hydrogen (secondary N) is 2. The van der Waals surface area contributed by atoms with E-state index >= 15 is 0 Å². The van der Waals surface area contributed by atoms with E-state index in [1.54, 1.807) is 7.05 Å². The summed E-state index contributed by atoms with van der Waals surface area (Å²) in [5.41, 5.74) is 3.88. The number of carbonyl (C=O) groups is 1. The van der Waals surface area contributed by atoms with Crippen LogP contribution < -0.4 is 10.6 Å². The quantitative estimate of drug-likeness (QED) is 0.474. The number of hydrogen-bond acceptors (Lipinski definition) is 3. The molecule has 0 aliphatic rings. The molecular weight excluding hydrogens is 266 g/mol. The van der Waals surface area contributed by atoms with Crippen LogP contribution in [0.25, 0.3) is 0 Å². The molecule has 5 nitrogen and oxygen atoms in total. The Hall–Kier alpha value is -2.04. The molecule has 0 aliphatic carbocycles. The number of hydrogen-bond donors (Lipinski definition) is 2. The minimum atomic E-state index is -0.229. The van der Waals surface area contributed by atoms with Gasteiger partial charge in [0.25, 0.3) is 0 Å². The van der Waals surface area contributed by atoms with E-state index in [4.69, 9.17) is 0 Å². The molecule has 0 saturated heterocycles. The molecule has 0 heterocycles. The standard InChI is InChI=1S/C16H25N3O2/c1-12-9-13(2)11-14(10-12)5-7-18-16(17-3)19-8-6-15(20)21-4/h9-11H,5-8H2,1-4H3,(H2,17,18,19). The summed E-state index contributed by atoms with van der Waals surface area (Å²) >= 11 is 0. The highest BCUT2D eigenvalue weighted by Gasteiger charge is 2.02. The van der Waals surface area contributed by atoms with E-state index in [2.05, 4.69) is 52.4 Å². The maximum Gasteiger partial charge on any atom is 0.307 e. The first-order chi connectivity index (χ1) is 10.0. The minimum absolute atomic E-state index is 0.229. The van der Waals surface area contributed by atoms with Crippen molar-refractivity contribution in [1.82, 2.24) is 10.6 Å². The molecular formula is C16H25N3O2. The second kappa shape index (κ2) is 9.00. The van der Waals surface area contributed by atoms with Gasteiger partial charge in [-0.2, -0.15) is 0 Å². The van der Waals surface area contributed by atoms with Crippen LogP contribution in [0.2, 0.25) is 0 Å². The molecule has 0 aromatic heterocycles. The largest absolute Gasteiger partial charge is 0.469 e. The number of rotatable bonds is 6. The van der Waals surface area contributed by atoms with Gasteiger partial charge in [-0.15, -0.1) is 0 Å². The van der Waals surface area contributed by atoms with Gasteiger partial charge in [0.2, 0.25) is 0 Å². The van der Waals surface area contributed by atoms with E-state index in [-0.39, 0.29) is 5.97 Å². The zero-order valence-electron chi connectivity index (χ0n) is 13.3. The monoisotopic (exact) mass is 291 g/mol. The third-order valence-electron chi connectivity index (χ3n) is 3.06. The first-order valence-corrected chi connectivity index (χ1v) is 7.13. The van der Waals surface area contributed by atoms with Gasteiger partial charge in [-0.1, -0.05) is 29.3 Å². The topological polar surface area (TPSA) is 62.7 Å². The number of aryl methyl sites for hydroxylation is 2. The van der Waals surface area contributed by atoms with E-state index in [0.717, 1.165) is 13.0 Å². The Labute approximate surface area is 126 Å². The Morgan fingerprint density at radius 1 is 1.14 bits per heavy atom. The van der Waals surface area contributed by atoms with Gasteiger partial charge >= 0.3 is 5.97 Å². The van der Waals surface area contributed by atoms with Crippen LogP contribution >= 0.6 is 0 Å². The highest BCUT2D eigenvalue weighted by atomic mass is 16.5. The Kier molecular flexibility index (Phi) is 7.29. The molecule has 0 spiro atoms. The van der Waals surface area contributed by atoms with Crippen molar-refractivity contribution in [1.29, 1.82) is 0 Å². The maximum atomic E-state index is 11.0. The zero-order chi connectivity index (χ0) is 15.7. The summed E-state index contributed by atoms with van der Waals surface area (Å²) in [4.78, 5) is 15.1. The molecule has 0 bridgehead atoms. The molecule has 0 radical (unpaired) electrons. The van der Waals surface area contributed by atoms with E-state index in [9.17, 15) is 4.79 Å². The number of carbonyl (C=O) groups excluding carboxylic acids is 1. The van der Waals surface area contributed by atoms with Crippen molar-refractivity contribution in [3.8, 4) is 0 Å². The zero-order valence-corrected chi connectivity index (χ0v) is 13.3. The molecule has 116 valence electrons. The van der Waals surface area contributed by atoms with Crippen LogP contribution in [0, 0.1) is 13.8 Å². The van der Waals surface area contributed by atoms with Crippen LogP contribution in [0.4, 0.5) is 0 Å². The summed E-state index contributed by atoms with van der Waals surface area (Å²) in [5, 5.41) is 6.32. The molecule has 5 heteroatoms. The summed E-state index contributed by atoms with van der Waals surface area (Å²) in [6.45, 7) is 5.52. The second-order valence-electron chi connectivity index (χ2n) is 5.00. The third-order valence-corrected chi connectivity index (χ3v) is 3.06. The van der Waals surface area contributed by atoms with Crippen LogP contribution in [0.5, 0.6) is 0 Å². The number of aliphatic imine (C=N–C) groups is 1. The normalized spacial score (nSPS) is 11.1. The Bertz CT molecular complexity index is 478. The third kappa shape index (κ3) is 6.79. The smallest absolute Gasteiger partial charge is 0.307 e. The lowest BCUT2D eigenvalue weighted by Gasteiger charge is -2.12. The van der Waals surface area contributed by atoms with E-state index in [1.165, 1.54) is 23.8 Å². The molecule has 0 saturated carbocycles. The fraction of sp³-hybridized carbons (Fsp3) is 0.500. The predicted molar refractivity (Wildman–Crippen MR) is 85.6 cm³/mol. The number of ether oxygens (including phenoxy) is 1. The lowest BCUT2D eigenvalue weighted by molar-refractivity contribution is -0.140. The van der Waals surface area contributed by atoms with Gasteiger partial charge in [-0.25, -0.2) is 0 Å². The van der Waals surface area contributed by atoms with E-state index in [0.29, 0.717) is 18.9 Å². The number of benzene rings is 1. The van der Waals surface area contributed by atoms with Gasteiger partial charge in [-0.05, 0) is 25.8 Å². The highest BCUT2D eigenvalue weighted by molar-refractivity contribution is 5.80. The Morgan fingerprint density at radius 2 is 1.76 bits per heavy atom. The van der Waals surface area contributed by atoms with Crippen molar-refractivity contribution in [2.75, 3.05) is 27.2 Å². The van der Waals surface area contributed by atoms with Crippen LogP contribution in [-0.4, -0.2) is 39.2 Å². The van der Waals surface area contributed by atoms with Gasteiger partial charge in [0.15, 0.2) is 5.96 Å². The number of methoxy groups -OCH3 is 1. The summed E-state index contributed by atoms with van der Waals surface area (Å²) in [6, 6.07) is 6.56. The highest BCUT2D eigenvalue weighted by Crippen LogP contribution is 2.08. The number of guanidine groups is 1. The predicted octanol–water partition coefficient (Wildman–Crippen LogP) is 1.57. The Morgan fingerprint density at radius 3 is 2.33 bits per heavy atom. The summed E-state index contributed by atoms with van der Waals surface area (Å²) < 4.78 is 4.59. The molecule has 0 aliphatic heterocycles. The number of esters is 1. The van der Waals surface area contributed by atoms with Crippen LogP contribution in [0.15, 0.2) is 23.2 Å². The van der Waals surface area contributed by atoms with Gasteiger partial charge in [0, 0.05) is 20.1 Å². The van der Waals surface area contributed by atoms with Crippen molar-refractivity contribution in [2.45, 2.75) is 26.7 Å². The van der Waals surface area contributed by atoms with Gasteiger partial charge < -0.3 is 15.4 Å². The van der Waals surface area contributed by atoms with Crippen molar-refractivity contribution >= 4 is 11.9 Å². The number of nitrogens with zero attached hydrogens (tertiary/aromatic N) is 1. The second-order valence-corrected chi connectivity index (χ2v) is 5.00. The van der Waals surface area contributed by atoms with Crippen LogP contribution in [0.3, 0.4) is 0 Å². The van der Waals surface area contributed by atoms with E-state index < -0.39 is 0 Å². The fourth-order valence-corrected chi connectivity index (χ4v) is 2.14. The molecule has 2 N–H and O–H groups in total. The van der Waals surface area contributed by atoms with E-state index in [1.807, 2.05) is 0 Å². The van der Waals surface area contributed by atoms with Crippen molar-refractivity contribution in [2.24, 2.45) is 4.99 Å². The first-order valence-electron chi connectivity index (χ1n) is 7.13. The van der Waals surface area contributed by atoms with Gasteiger partial charge in [0.05, 0.1) is 13.5 Å². The molecule has 0 atom stereocenters. The maximum absolute atomic E-state index is 11.0. The van der Waals surface area contributed by atoms with Crippen molar-refractivity contribution < 1.29 is 9.53 Å². The average molecular weight is 291 g/mol. The lowest BCUT2D eigenvalue weighted by atomic mass is 10.1.